The van der Waals surface area contributed by atoms with Gasteiger partial charge in [0, 0.05) is 19.8 Å². The van der Waals surface area contributed by atoms with Gasteiger partial charge in [0.05, 0.1) is 27.9 Å². The maximum absolute atomic E-state index is 13.3. The first kappa shape index (κ1) is 19.6. The fraction of sp³-hybridized carbons (Fsp3) is 0.333. The molecule has 7 nitrogen and oxygen atoms in total. The molecule has 1 amide bonds. The molecule has 3 heterocycles. The number of fused-ring (bicyclic) bond motifs is 1. The van der Waals surface area contributed by atoms with E-state index in [1.807, 2.05) is 0 Å². The van der Waals surface area contributed by atoms with Crippen molar-refractivity contribution in [3.63, 3.8) is 0 Å². The van der Waals surface area contributed by atoms with E-state index in [4.69, 9.17) is 11.6 Å². The molecule has 0 bridgehead atoms. The summed E-state index contributed by atoms with van der Waals surface area (Å²) in [5.74, 6) is -0.588. The van der Waals surface area contributed by atoms with Crippen molar-refractivity contribution in [2.75, 3.05) is 7.05 Å². The minimum atomic E-state index is -4.65. The molecular weight excluding hydrogens is 453 g/mol. The third-order valence-electron chi connectivity index (χ3n) is 3.90. The number of hydrogen-bond donors (Lipinski definition) is 0. The van der Waals surface area contributed by atoms with Gasteiger partial charge in [-0.1, -0.05) is 11.6 Å². The van der Waals surface area contributed by atoms with Crippen molar-refractivity contribution in [2.45, 2.75) is 19.6 Å². The Hall–Kier alpha value is -2.14. The molecule has 3 aromatic heterocycles. The van der Waals surface area contributed by atoms with Crippen LogP contribution in [0.3, 0.4) is 0 Å². The normalized spacial score (nSPS) is 12.0. The SMILES string of the molecule is Cc1cc(C(F)(F)F)n2nc(C(=O)N(C)Cc3c(Cl)cnn3C)c(Br)c2n1. The van der Waals surface area contributed by atoms with Crippen LogP contribution in [0, 0.1) is 6.92 Å². The molecule has 0 N–H and O–H groups in total. The molecule has 144 valence electrons. The van der Waals surface area contributed by atoms with Gasteiger partial charge in [-0.15, -0.1) is 0 Å². The van der Waals surface area contributed by atoms with E-state index in [1.165, 1.54) is 29.7 Å². The third kappa shape index (κ3) is 3.53. The molecule has 3 rings (SSSR count). The third-order valence-corrected chi connectivity index (χ3v) is 4.94. The Morgan fingerprint density at radius 3 is 2.63 bits per heavy atom. The minimum absolute atomic E-state index is 0.0855. The van der Waals surface area contributed by atoms with Crippen LogP contribution in [0.15, 0.2) is 16.7 Å². The quantitative estimate of drug-likeness (QED) is 0.594. The van der Waals surface area contributed by atoms with Crippen LogP contribution in [0.2, 0.25) is 5.02 Å². The molecule has 0 aliphatic carbocycles. The summed E-state index contributed by atoms with van der Waals surface area (Å²) in [4.78, 5) is 18.1. The molecule has 0 atom stereocenters. The highest BCUT2D eigenvalue weighted by Crippen LogP contribution is 2.32. The van der Waals surface area contributed by atoms with Crippen molar-refractivity contribution in [3.8, 4) is 0 Å². The van der Waals surface area contributed by atoms with Gasteiger partial charge in [-0.25, -0.2) is 9.50 Å². The van der Waals surface area contributed by atoms with Gasteiger partial charge in [0.2, 0.25) is 0 Å². The molecule has 0 unspecified atom stereocenters. The fourth-order valence-electron chi connectivity index (χ4n) is 2.54. The highest BCUT2D eigenvalue weighted by atomic mass is 79.9. The average molecular weight is 466 g/mol. The molecule has 0 radical (unpaired) electrons. The summed E-state index contributed by atoms with van der Waals surface area (Å²) in [6, 6.07) is 0.875. The smallest absolute Gasteiger partial charge is 0.334 e. The molecule has 0 fully saturated rings. The summed E-state index contributed by atoms with van der Waals surface area (Å²) in [6.07, 6.45) is -3.20. The summed E-state index contributed by atoms with van der Waals surface area (Å²) in [7, 11) is 3.16. The average Bonchev–Trinajstić information content (AvgIpc) is 3.07. The molecule has 3 aromatic rings. The zero-order valence-electron chi connectivity index (χ0n) is 14.3. The van der Waals surface area contributed by atoms with Gasteiger partial charge in [0.1, 0.15) is 5.69 Å². The van der Waals surface area contributed by atoms with Crippen LogP contribution in [0.5, 0.6) is 0 Å². The molecule has 0 aliphatic heterocycles. The molecule has 0 aromatic carbocycles. The molecule has 0 aliphatic rings. The summed E-state index contributed by atoms with van der Waals surface area (Å²) < 4.78 is 42.2. The Morgan fingerprint density at radius 1 is 1.41 bits per heavy atom. The van der Waals surface area contributed by atoms with Crippen LogP contribution in [-0.4, -0.2) is 42.2 Å². The maximum Gasteiger partial charge on any atom is 0.433 e. The van der Waals surface area contributed by atoms with Gasteiger partial charge < -0.3 is 4.90 Å². The molecule has 0 spiro atoms. The van der Waals surface area contributed by atoms with Crippen molar-refractivity contribution in [2.24, 2.45) is 7.05 Å². The number of rotatable bonds is 3. The summed E-state index contributed by atoms with van der Waals surface area (Å²) in [5, 5.41) is 8.22. The van der Waals surface area contributed by atoms with E-state index in [9.17, 15) is 18.0 Å². The van der Waals surface area contributed by atoms with Crippen LogP contribution in [0.4, 0.5) is 13.2 Å². The van der Waals surface area contributed by atoms with Crippen LogP contribution in [0.25, 0.3) is 5.65 Å². The van der Waals surface area contributed by atoms with Gasteiger partial charge in [-0.05, 0) is 28.9 Å². The predicted octanol–water partition coefficient (Wildman–Crippen LogP) is 3.48. The van der Waals surface area contributed by atoms with Gasteiger partial charge in [-0.3, -0.25) is 9.48 Å². The lowest BCUT2D eigenvalue weighted by atomic mass is 10.3. The summed E-state index contributed by atoms with van der Waals surface area (Å²) >= 11 is 9.20. The van der Waals surface area contributed by atoms with Crippen LogP contribution in [-0.2, 0) is 19.8 Å². The first-order chi connectivity index (χ1) is 12.5. The second kappa shape index (κ2) is 6.79. The zero-order valence-corrected chi connectivity index (χ0v) is 16.7. The lowest BCUT2D eigenvalue weighted by Gasteiger charge is -2.16. The Balaban J connectivity index is 2.04. The van der Waals surface area contributed by atoms with Gasteiger partial charge in [0.15, 0.2) is 11.3 Å². The zero-order chi connectivity index (χ0) is 20.1. The Bertz CT molecular complexity index is 1030. The summed E-state index contributed by atoms with van der Waals surface area (Å²) in [6.45, 7) is 1.54. The number of aromatic nitrogens is 5. The molecular formula is C15H13BrClF3N6O. The number of aryl methyl sites for hydroxylation is 2. The van der Waals surface area contributed by atoms with Gasteiger partial charge >= 0.3 is 6.18 Å². The lowest BCUT2D eigenvalue weighted by Crippen LogP contribution is -2.28. The van der Waals surface area contributed by atoms with Crippen molar-refractivity contribution in [1.29, 1.82) is 0 Å². The highest BCUT2D eigenvalue weighted by Gasteiger charge is 2.36. The topological polar surface area (TPSA) is 68.3 Å². The van der Waals surface area contributed by atoms with Crippen LogP contribution >= 0.6 is 27.5 Å². The van der Waals surface area contributed by atoms with Crippen molar-refractivity contribution in [1.82, 2.24) is 29.3 Å². The van der Waals surface area contributed by atoms with Crippen molar-refractivity contribution < 1.29 is 18.0 Å². The molecule has 27 heavy (non-hydrogen) atoms. The number of alkyl halides is 3. The second-order valence-corrected chi connectivity index (χ2v) is 7.10. The summed E-state index contributed by atoms with van der Waals surface area (Å²) in [5.41, 5.74) is -0.541. The molecule has 0 saturated carbocycles. The maximum atomic E-state index is 13.3. The van der Waals surface area contributed by atoms with Crippen LogP contribution < -0.4 is 0 Å². The van der Waals surface area contributed by atoms with E-state index in [1.54, 1.807) is 7.05 Å². The number of halogens is 5. The number of nitrogens with zero attached hydrogens (tertiary/aromatic N) is 6. The van der Waals surface area contributed by atoms with Crippen molar-refractivity contribution >= 4 is 39.1 Å². The first-order valence-electron chi connectivity index (χ1n) is 7.55. The Labute approximate surface area is 164 Å². The number of carbonyl (C=O) groups excluding carboxylic acids is 1. The monoisotopic (exact) mass is 464 g/mol. The van der Waals surface area contributed by atoms with E-state index in [-0.39, 0.29) is 28.1 Å². The highest BCUT2D eigenvalue weighted by molar-refractivity contribution is 9.10. The second-order valence-electron chi connectivity index (χ2n) is 5.90. The lowest BCUT2D eigenvalue weighted by molar-refractivity contribution is -0.142. The molecule has 12 heteroatoms. The number of carbonyl (C=O) groups is 1. The Kier molecular flexibility index (Phi) is 4.93. The predicted molar refractivity (Wildman–Crippen MR) is 94.4 cm³/mol. The largest absolute Gasteiger partial charge is 0.433 e. The number of hydrogen-bond acceptors (Lipinski definition) is 4. The first-order valence-corrected chi connectivity index (χ1v) is 8.72. The molecule has 0 saturated heterocycles. The van der Waals surface area contributed by atoms with Crippen molar-refractivity contribution in [3.05, 3.63) is 44.5 Å². The van der Waals surface area contributed by atoms with E-state index < -0.39 is 17.8 Å². The van der Waals surface area contributed by atoms with E-state index >= 15 is 0 Å². The van der Waals surface area contributed by atoms with E-state index in [0.717, 1.165) is 6.07 Å². The number of amides is 1. The van der Waals surface area contributed by atoms with E-state index in [2.05, 4.69) is 31.1 Å². The van der Waals surface area contributed by atoms with Crippen LogP contribution in [0.1, 0.15) is 27.6 Å². The van der Waals surface area contributed by atoms with E-state index in [0.29, 0.717) is 15.2 Å². The minimum Gasteiger partial charge on any atom is -0.334 e. The van der Waals surface area contributed by atoms with Gasteiger partial charge in [-0.2, -0.15) is 23.4 Å². The van der Waals surface area contributed by atoms with Gasteiger partial charge in [0.25, 0.3) is 5.91 Å². The Morgan fingerprint density at radius 2 is 2.07 bits per heavy atom. The fourth-order valence-corrected chi connectivity index (χ4v) is 3.27. The standard InChI is InChI=1S/C15H13BrClF3N6O/c1-7-4-10(15(18,19)20)26-13(22-7)11(16)12(23-26)14(27)24(2)6-9-8(17)5-21-25(9)3/h4-5H,6H2,1-3H3.